The minimum atomic E-state index is -3.87. The maximum atomic E-state index is 13.7. The first-order valence-electron chi connectivity index (χ1n) is 27.9. The van der Waals surface area contributed by atoms with E-state index in [1.165, 1.54) is 24.3 Å². The molecule has 0 fully saturated rings. The zero-order valence-corrected chi connectivity index (χ0v) is 52.1. The Kier molecular flexibility index (Phi) is 20.4. The van der Waals surface area contributed by atoms with E-state index < -0.39 is 54.3 Å². The lowest BCUT2D eigenvalue weighted by Gasteiger charge is -2.31. The maximum Gasteiger partial charge on any atom is 0.316 e. The molecule has 0 saturated carbocycles. The van der Waals surface area contributed by atoms with Crippen molar-refractivity contribution in [2.75, 3.05) is 54.5 Å². The second-order valence-electron chi connectivity index (χ2n) is 25.5. The van der Waals surface area contributed by atoms with Gasteiger partial charge in [0.2, 0.25) is 9.84 Å². The standard InChI is InChI=1S/C68H84N2O12S/c1-63(2,59(71)77-43-41-69(13)14)45-65(5,6)61(73)81-55-29-21-49(22-30-55)67(9,10)47-17-25-51(26-18-47)79-53-33-37-57(38-34-53)83(75,76)58-39-35-54(36-40-58)80-52-27-19-48(20-28-52)68(11,12)50-23-31-56(32-24-50)82-62(74)66(7,8)46-64(3,4)60(72)78-44-42-70(15)16/h17-40H,41-46H2,1-16H3. The molecule has 0 aromatic heterocycles. The van der Waals surface area contributed by atoms with E-state index in [1.807, 2.05) is 111 Å². The Morgan fingerprint density at radius 3 is 0.831 bits per heavy atom. The normalized spacial score (nSPS) is 12.7. The van der Waals surface area contributed by atoms with Gasteiger partial charge in [-0.1, -0.05) is 76.2 Å². The first-order chi connectivity index (χ1) is 38.6. The molecule has 6 aromatic rings. The third kappa shape index (κ3) is 16.9. The van der Waals surface area contributed by atoms with Crippen LogP contribution < -0.4 is 18.9 Å². The summed E-state index contributed by atoms with van der Waals surface area (Å²) in [5.74, 6) is 1.31. The molecule has 83 heavy (non-hydrogen) atoms. The van der Waals surface area contributed by atoms with Gasteiger partial charge in [-0.2, -0.15) is 0 Å². The van der Waals surface area contributed by atoms with E-state index in [0.29, 0.717) is 47.6 Å². The predicted molar refractivity (Wildman–Crippen MR) is 323 cm³/mol. The largest absolute Gasteiger partial charge is 0.464 e. The van der Waals surface area contributed by atoms with Crippen LogP contribution in [0.25, 0.3) is 0 Å². The zero-order valence-electron chi connectivity index (χ0n) is 51.3. The lowest BCUT2D eigenvalue weighted by atomic mass is 9.75. The number of carbonyl (C=O) groups excluding carboxylic acids is 4. The van der Waals surface area contributed by atoms with Crippen LogP contribution in [0.1, 0.15) is 118 Å². The number of esters is 4. The lowest BCUT2D eigenvalue weighted by molar-refractivity contribution is -0.160. The van der Waals surface area contributed by atoms with Crippen molar-refractivity contribution in [3.8, 4) is 34.5 Å². The molecule has 0 heterocycles. The Morgan fingerprint density at radius 2 is 0.578 bits per heavy atom. The summed E-state index contributed by atoms with van der Waals surface area (Å²) in [6.45, 7) is 24.4. The van der Waals surface area contributed by atoms with Gasteiger partial charge in [-0.15, -0.1) is 0 Å². The highest BCUT2D eigenvalue weighted by Crippen LogP contribution is 2.40. The Hall–Kier alpha value is -7.33. The molecule has 0 aliphatic heterocycles. The van der Waals surface area contributed by atoms with Crippen molar-refractivity contribution in [3.05, 3.63) is 168 Å². The quantitative estimate of drug-likeness (QED) is 0.0372. The molecule has 0 spiro atoms. The third-order valence-electron chi connectivity index (χ3n) is 15.0. The highest BCUT2D eigenvalue weighted by Gasteiger charge is 2.43. The van der Waals surface area contributed by atoms with Gasteiger partial charge in [0.05, 0.1) is 31.5 Å². The minimum absolute atomic E-state index is 0.112. The summed E-state index contributed by atoms with van der Waals surface area (Å²) < 4.78 is 62.3. The highest BCUT2D eigenvalue weighted by atomic mass is 32.2. The van der Waals surface area contributed by atoms with E-state index in [0.717, 1.165) is 22.3 Å². The van der Waals surface area contributed by atoms with E-state index in [2.05, 4.69) is 27.7 Å². The summed E-state index contributed by atoms with van der Waals surface area (Å²) in [6.07, 6.45) is 0.495. The van der Waals surface area contributed by atoms with Crippen molar-refractivity contribution in [2.45, 2.75) is 117 Å². The van der Waals surface area contributed by atoms with Crippen LogP contribution >= 0.6 is 0 Å². The molecule has 14 nitrogen and oxygen atoms in total. The highest BCUT2D eigenvalue weighted by molar-refractivity contribution is 7.91. The number of benzene rings is 6. The Bertz CT molecular complexity index is 3070. The van der Waals surface area contributed by atoms with E-state index in [4.69, 9.17) is 28.4 Å². The minimum Gasteiger partial charge on any atom is -0.464 e. The molecule has 0 amide bonds. The second kappa shape index (κ2) is 26.1. The molecule has 0 unspecified atom stereocenters. The average molecular weight is 1150 g/mol. The number of likely N-dealkylation sites (N-methyl/N-ethyl adjacent to an activating group) is 2. The van der Waals surface area contributed by atoms with Crippen molar-refractivity contribution in [3.63, 3.8) is 0 Å². The fourth-order valence-corrected chi connectivity index (χ4v) is 11.2. The lowest BCUT2D eigenvalue weighted by Crippen LogP contribution is -2.38. The maximum absolute atomic E-state index is 13.7. The molecule has 15 heteroatoms. The van der Waals surface area contributed by atoms with Crippen LogP contribution in [-0.4, -0.2) is 96.6 Å². The molecule has 0 atom stereocenters. The fraction of sp³-hybridized carbons (Fsp3) is 0.412. The topological polar surface area (TPSA) is 164 Å². The summed E-state index contributed by atoms with van der Waals surface area (Å²) >= 11 is 0. The first-order valence-corrected chi connectivity index (χ1v) is 29.4. The second-order valence-corrected chi connectivity index (χ2v) is 27.5. The van der Waals surface area contributed by atoms with Gasteiger partial charge in [-0.3, -0.25) is 19.2 Å². The number of hydrogen-bond acceptors (Lipinski definition) is 14. The molecule has 0 N–H and O–H groups in total. The molecule has 0 radical (unpaired) electrons. The Morgan fingerprint density at radius 1 is 0.349 bits per heavy atom. The van der Waals surface area contributed by atoms with E-state index in [-0.39, 0.29) is 47.8 Å². The number of carbonyl (C=O) groups is 4. The molecular weight excluding hydrogens is 1070 g/mol. The van der Waals surface area contributed by atoms with Gasteiger partial charge in [0.15, 0.2) is 0 Å². The van der Waals surface area contributed by atoms with Gasteiger partial charge in [0, 0.05) is 23.9 Å². The number of ether oxygens (including phenoxy) is 6. The van der Waals surface area contributed by atoms with E-state index in [1.54, 1.807) is 104 Å². The molecule has 6 rings (SSSR count). The zero-order chi connectivity index (χ0) is 61.3. The van der Waals surface area contributed by atoms with Crippen LogP contribution in [0.5, 0.6) is 34.5 Å². The van der Waals surface area contributed by atoms with E-state index >= 15 is 0 Å². The third-order valence-corrected chi connectivity index (χ3v) is 16.8. The van der Waals surface area contributed by atoms with E-state index in [9.17, 15) is 27.6 Å². The number of sulfone groups is 1. The van der Waals surface area contributed by atoms with Crippen LogP contribution in [0, 0.1) is 21.7 Å². The monoisotopic (exact) mass is 1150 g/mol. The Labute approximate surface area is 492 Å². The molecule has 6 aromatic carbocycles. The molecule has 444 valence electrons. The van der Waals surface area contributed by atoms with Gasteiger partial charge < -0.3 is 38.2 Å². The van der Waals surface area contributed by atoms with Crippen molar-refractivity contribution >= 4 is 33.7 Å². The summed E-state index contributed by atoms with van der Waals surface area (Å²) in [5, 5.41) is 0. The van der Waals surface area contributed by atoms with Crippen LogP contribution in [0.4, 0.5) is 0 Å². The Balaban J connectivity index is 0.990. The van der Waals surface area contributed by atoms with Gasteiger partial charge >= 0.3 is 23.9 Å². The average Bonchev–Trinajstić information content (AvgIpc) is 3.42. The van der Waals surface area contributed by atoms with Gasteiger partial charge in [0.1, 0.15) is 47.7 Å². The van der Waals surface area contributed by atoms with Crippen LogP contribution in [0.2, 0.25) is 0 Å². The summed E-state index contributed by atoms with van der Waals surface area (Å²) in [7, 11) is 3.76. The summed E-state index contributed by atoms with van der Waals surface area (Å²) in [5.41, 5.74) is -0.506. The van der Waals surface area contributed by atoms with Crippen molar-refractivity contribution in [1.82, 2.24) is 9.80 Å². The molecule has 0 bridgehead atoms. The number of hydrogen-bond donors (Lipinski definition) is 0. The van der Waals surface area contributed by atoms with Gasteiger partial charge in [-0.25, -0.2) is 8.42 Å². The molecular formula is C68H84N2O12S. The fourth-order valence-electron chi connectivity index (χ4n) is 9.90. The van der Waals surface area contributed by atoms with Crippen molar-refractivity contribution in [1.29, 1.82) is 0 Å². The first kappa shape index (κ1) is 64.8. The van der Waals surface area contributed by atoms with Gasteiger partial charge in [0.25, 0.3) is 0 Å². The predicted octanol–water partition coefficient (Wildman–Crippen LogP) is 13.7. The van der Waals surface area contributed by atoms with Crippen LogP contribution in [0.15, 0.2) is 155 Å². The summed E-state index contributed by atoms with van der Waals surface area (Å²) in [4.78, 5) is 56.5. The molecule has 0 saturated heterocycles. The smallest absolute Gasteiger partial charge is 0.316 e. The van der Waals surface area contributed by atoms with Crippen molar-refractivity contribution in [2.24, 2.45) is 21.7 Å². The number of rotatable bonds is 26. The summed E-state index contributed by atoms with van der Waals surface area (Å²) in [6, 6.07) is 42.8. The number of nitrogens with zero attached hydrogens (tertiary/aromatic N) is 2. The van der Waals surface area contributed by atoms with Crippen molar-refractivity contribution < 1.29 is 56.0 Å². The van der Waals surface area contributed by atoms with Crippen LogP contribution in [0.3, 0.4) is 0 Å². The molecule has 0 aliphatic carbocycles. The van der Waals surface area contributed by atoms with Gasteiger partial charge in [-0.05, 0) is 216 Å². The molecule has 0 aliphatic rings. The van der Waals surface area contributed by atoms with Crippen LogP contribution in [-0.2, 0) is 49.3 Å². The SMILES string of the molecule is CN(C)CCOC(=O)C(C)(C)CC(C)(C)C(=O)Oc1ccc(C(C)(C)c2ccc(Oc3ccc(S(=O)(=O)c4ccc(Oc5ccc(C(C)(C)c6ccc(OC(=O)C(C)(C)CC(C)(C)C(=O)OCCN(C)C)cc6)cc5)cc4)cc3)cc2)cc1.